The number of aliphatic hydroxyl groups excluding tert-OH is 1. The number of nitrogens with zero attached hydrogens (tertiary/aromatic N) is 6. The molecule has 266 valence electrons. The Morgan fingerprint density at radius 2 is 1.80 bits per heavy atom. The minimum absolute atomic E-state index is 0.0528. The average molecular weight is 741 g/mol. The number of carboxylic acid groups (broad SMARTS) is 1. The Morgan fingerprint density at radius 3 is 2.45 bits per heavy atom. The SMILES string of the molecule is Cc1cc(-c2cc(Cl)ccc2OCCn2c(C)nc3cc(C(F)(F)F)c(N4CCN(CCO)CC4)c(C#N)c3c2=O)c2sc(C)c(C(=O)O)c2n1. The Morgan fingerprint density at radius 1 is 1.08 bits per heavy atom. The van der Waals surface area contributed by atoms with Gasteiger partial charge in [-0.3, -0.25) is 19.2 Å². The summed E-state index contributed by atoms with van der Waals surface area (Å²) >= 11 is 7.69. The van der Waals surface area contributed by atoms with E-state index in [0.29, 0.717) is 62.3 Å². The van der Waals surface area contributed by atoms with Gasteiger partial charge in [-0.1, -0.05) is 11.6 Å². The Bertz CT molecular complexity index is 2290. The molecule has 1 saturated heterocycles. The molecule has 2 aromatic carbocycles. The van der Waals surface area contributed by atoms with Crippen LogP contribution in [-0.4, -0.2) is 81.6 Å². The van der Waals surface area contributed by atoms with Gasteiger partial charge >= 0.3 is 12.1 Å². The molecule has 16 heteroatoms. The van der Waals surface area contributed by atoms with Crippen LogP contribution in [0.1, 0.15) is 37.9 Å². The number of carbonyl (C=O) groups is 1. The number of aromatic nitrogens is 3. The normalized spacial score (nSPS) is 14.0. The molecule has 0 atom stereocenters. The number of aryl methyl sites for hydroxylation is 3. The number of ether oxygens (including phenoxy) is 1. The maximum atomic E-state index is 14.5. The summed E-state index contributed by atoms with van der Waals surface area (Å²) in [5, 5.41) is 29.6. The molecule has 5 aromatic rings. The summed E-state index contributed by atoms with van der Waals surface area (Å²) in [4.78, 5) is 38.9. The molecular weight excluding hydrogens is 709 g/mol. The molecule has 6 rings (SSSR count). The van der Waals surface area contributed by atoms with Gasteiger partial charge in [0.15, 0.2) is 0 Å². The third kappa shape index (κ3) is 6.84. The van der Waals surface area contributed by atoms with Gasteiger partial charge in [0.1, 0.15) is 24.3 Å². The highest BCUT2D eigenvalue weighted by molar-refractivity contribution is 7.20. The molecule has 0 radical (unpaired) electrons. The topological polar surface area (TPSA) is 145 Å². The van der Waals surface area contributed by atoms with E-state index in [1.807, 2.05) is 17.0 Å². The van der Waals surface area contributed by atoms with Crippen molar-refractivity contribution in [1.82, 2.24) is 19.4 Å². The van der Waals surface area contributed by atoms with Crippen molar-refractivity contribution in [1.29, 1.82) is 5.26 Å². The van der Waals surface area contributed by atoms with E-state index in [1.54, 1.807) is 32.0 Å². The molecule has 0 bridgehead atoms. The first-order valence-corrected chi connectivity index (χ1v) is 17.1. The van der Waals surface area contributed by atoms with Crippen molar-refractivity contribution >= 4 is 55.7 Å². The summed E-state index contributed by atoms with van der Waals surface area (Å²) in [6, 6.07) is 9.51. The Kier molecular flexibility index (Phi) is 9.97. The number of anilines is 1. The number of β-amino-alcohol motifs (C(OH)–C–C–N with tert-alkyl or cyclic N) is 1. The van der Waals surface area contributed by atoms with E-state index < -0.39 is 28.8 Å². The van der Waals surface area contributed by atoms with Gasteiger partial charge in [0.2, 0.25) is 0 Å². The Balaban J connectivity index is 1.37. The largest absolute Gasteiger partial charge is 0.491 e. The van der Waals surface area contributed by atoms with Crippen LogP contribution in [-0.2, 0) is 12.7 Å². The van der Waals surface area contributed by atoms with Crippen LogP contribution in [0.5, 0.6) is 5.75 Å². The maximum absolute atomic E-state index is 14.5. The van der Waals surface area contributed by atoms with Crippen LogP contribution in [0.2, 0.25) is 5.02 Å². The van der Waals surface area contributed by atoms with Crippen molar-refractivity contribution in [2.24, 2.45) is 0 Å². The maximum Gasteiger partial charge on any atom is 0.418 e. The molecule has 1 fully saturated rings. The number of aliphatic hydroxyl groups is 1. The van der Waals surface area contributed by atoms with Gasteiger partial charge < -0.3 is 19.8 Å². The van der Waals surface area contributed by atoms with E-state index in [0.717, 1.165) is 6.07 Å². The van der Waals surface area contributed by atoms with Crippen LogP contribution < -0.4 is 15.2 Å². The smallest absolute Gasteiger partial charge is 0.418 e. The third-order valence-electron chi connectivity index (χ3n) is 8.90. The zero-order valence-corrected chi connectivity index (χ0v) is 29.3. The number of aromatic carboxylic acids is 1. The van der Waals surface area contributed by atoms with Gasteiger partial charge in [0.05, 0.1) is 56.6 Å². The summed E-state index contributed by atoms with van der Waals surface area (Å²) in [5.41, 5.74) is -0.402. The van der Waals surface area contributed by atoms with Crippen LogP contribution in [0.15, 0.2) is 35.1 Å². The van der Waals surface area contributed by atoms with Crippen molar-refractivity contribution in [3.8, 4) is 22.9 Å². The summed E-state index contributed by atoms with van der Waals surface area (Å²) in [7, 11) is 0. The van der Waals surface area contributed by atoms with Crippen LogP contribution in [0.3, 0.4) is 0 Å². The molecule has 0 saturated carbocycles. The number of hydrogen-bond acceptors (Lipinski definition) is 10. The number of hydrogen-bond donors (Lipinski definition) is 2. The van der Waals surface area contributed by atoms with E-state index in [-0.39, 0.29) is 60.8 Å². The summed E-state index contributed by atoms with van der Waals surface area (Å²) < 4.78 is 51.5. The van der Waals surface area contributed by atoms with Crippen molar-refractivity contribution < 1.29 is 32.9 Å². The highest BCUT2D eigenvalue weighted by atomic mass is 35.5. The van der Waals surface area contributed by atoms with Gasteiger partial charge in [-0.2, -0.15) is 18.4 Å². The number of rotatable bonds is 9. The fourth-order valence-corrected chi connectivity index (χ4v) is 7.86. The summed E-state index contributed by atoms with van der Waals surface area (Å²) in [6.07, 6.45) is -4.82. The molecule has 4 heterocycles. The van der Waals surface area contributed by atoms with Crippen molar-refractivity contribution in [2.75, 3.05) is 50.8 Å². The molecule has 3 aromatic heterocycles. The predicted molar refractivity (Wildman–Crippen MR) is 188 cm³/mol. The fraction of sp³-hybridized carbons (Fsp3) is 0.343. The first kappa shape index (κ1) is 36.1. The lowest BCUT2D eigenvalue weighted by atomic mass is 10.00. The first-order chi connectivity index (χ1) is 24.2. The van der Waals surface area contributed by atoms with Gasteiger partial charge in [-0.05, 0) is 51.1 Å². The van der Waals surface area contributed by atoms with Gasteiger partial charge in [-0.15, -0.1) is 11.3 Å². The number of benzene rings is 2. The second-order valence-electron chi connectivity index (χ2n) is 12.1. The highest BCUT2D eigenvalue weighted by Crippen LogP contribution is 2.43. The molecular formula is C35H32ClF3N6O5S. The van der Waals surface area contributed by atoms with E-state index in [9.17, 15) is 38.2 Å². The third-order valence-corrected chi connectivity index (χ3v) is 10.3. The minimum atomic E-state index is -4.82. The lowest BCUT2D eigenvalue weighted by Crippen LogP contribution is -2.48. The van der Waals surface area contributed by atoms with Crippen LogP contribution >= 0.6 is 22.9 Å². The van der Waals surface area contributed by atoms with Gasteiger partial charge in [-0.25, -0.2) is 9.78 Å². The number of alkyl halides is 3. The molecule has 2 N–H and O–H groups in total. The number of nitriles is 1. The van der Waals surface area contributed by atoms with E-state index in [4.69, 9.17) is 16.3 Å². The lowest BCUT2D eigenvalue weighted by Gasteiger charge is -2.37. The van der Waals surface area contributed by atoms with E-state index in [2.05, 4.69) is 9.97 Å². The van der Waals surface area contributed by atoms with Crippen molar-refractivity contribution in [3.05, 3.63) is 78.8 Å². The molecule has 0 amide bonds. The average Bonchev–Trinajstić information content (AvgIpc) is 3.41. The van der Waals surface area contributed by atoms with Crippen molar-refractivity contribution in [2.45, 2.75) is 33.5 Å². The number of piperazine rings is 1. The minimum Gasteiger partial charge on any atom is -0.491 e. The number of carboxylic acids is 1. The van der Waals surface area contributed by atoms with Crippen LogP contribution in [0.4, 0.5) is 18.9 Å². The highest BCUT2D eigenvalue weighted by Gasteiger charge is 2.39. The quantitative estimate of drug-likeness (QED) is 0.184. The van der Waals surface area contributed by atoms with Crippen molar-refractivity contribution in [3.63, 3.8) is 0 Å². The second kappa shape index (κ2) is 14.1. The summed E-state index contributed by atoms with van der Waals surface area (Å²) in [5.74, 6) is -0.558. The van der Waals surface area contributed by atoms with E-state index >= 15 is 0 Å². The lowest BCUT2D eigenvalue weighted by molar-refractivity contribution is -0.137. The monoisotopic (exact) mass is 740 g/mol. The van der Waals surface area contributed by atoms with Gasteiger partial charge in [0.25, 0.3) is 5.56 Å². The second-order valence-corrected chi connectivity index (χ2v) is 13.8. The zero-order valence-electron chi connectivity index (χ0n) is 27.8. The molecule has 0 unspecified atom stereocenters. The molecule has 1 aliphatic heterocycles. The van der Waals surface area contributed by atoms with Gasteiger partial charge in [0, 0.05) is 59.4 Å². The Labute approximate surface area is 298 Å². The number of fused-ring (bicyclic) bond motifs is 2. The molecule has 1 aliphatic rings. The summed E-state index contributed by atoms with van der Waals surface area (Å²) in [6.45, 7) is 6.22. The number of halogens is 4. The fourth-order valence-electron chi connectivity index (χ4n) is 6.58. The van der Waals surface area contributed by atoms with Crippen LogP contribution in [0.25, 0.3) is 32.2 Å². The Hall–Kier alpha value is -4.75. The molecule has 0 aliphatic carbocycles. The molecule has 11 nitrogen and oxygen atoms in total. The predicted octanol–water partition coefficient (Wildman–Crippen LogP) is 6.03. The van der Waals surface area contributed by atoms with Crippen LogP contribution in [0, 0.1) is 32.1 Å². The molecule has 51 heavy (non-hydrogen) atoms. The number of pyridine rings is 1. The standard InChI is InChI=1S/C35H32ClF3N6O5S/c1-18-14-23(32-30(41-18)28(34(48)49)19(2)51-32)22-15-21(36)4-5-27(22)50-13-11-45-20(3)42-26-16-25(35(37,38)39)31(24(17-40)29(26)33(45)47)44-8-6-43(7-9-44)10-12-46/h4-5,14-16,46H,6-13H2,1-3H3,(H,48,49). The van der Waals surface area contributed by atoms with E-state index in [1.165, 1.54) is 27.7 Å². The molecule has 0 spiro atoms. The zero-order chi connectivity index (χ0) is 36.8. The number of thiophene rings is 1. The first-order valence-electron chi connectivity index (χ1n) is 15.9.